The average molecular weight is 276 g/mol. The number of hydrogen-bond acceptors (Lipinski definition) is 3. The summed E-state index contributed by atoms with van der Waals surface area (Å²) in [6.07, 6.45) is 4.57. The largest absolute Gasteiger partial charge is 0.353 e. The topological polar surface area (TPSA) is 72.2 Å². The zero-order valence-electron chi connectivity index (χ0n) is 11.7. The van der Waals surface area contributed by atoms with Crippen molar-refractivity contribution in [3.8, 4) is 0 Å². The van der Waals surface area contributed by atoms with Crippen LogP contribution in [0.4, 0.5) is 5.69 Å². The molecular weight excluding hydrogens is 256 g/mol. The Morgan fingerprint density at radius 1 is 1.35 bits per heavy atom. The van der Waals surface area contributed by atoms with Crippen LogP contribution in [0.25, 0.3) is 0 Å². The summed E-state index contributed by atoms with van der Waals surface area (Å²) in [5.74, 6) is 0.358. The summed E-state index contributed by atoms with van der Waals surface area (Å²) in [4.78, 5) is 22.5. The van der Waals surface area contributed by atoms with Gasteiger partial charge in [0.25, 0.3) is 5.69 Å². The molecule has 2 atom stereocenters. The Kier molecular flexibility index (Phi) is 4.71. The van der Waals surface area contributed by atoms with Gasteiger partial charge >= 0.3 is 0 Å². The van der Waals surface area contributed by atoms with Gasteiger partial charge in [0.2, 0.25) is 5.91 Å². The average Bonchev–Trinajstić information content (AvgIpc) is 2.41. The molecule has 1 N–H and O–H groups in total. The lowest BCUT2D eigenvalue weighted by atomic mass is 9.86. The van der Waals surface area contributed by atoms with E-state index in [4.69, 9.17) is 0 Å². The van der Waals surface area contributed by atoms with E-state index in [0.717, 1.165) is 19.3 Å². The van der Waals surface area contributed by atoms with Crippen LogP contribution in [0.15, 0.2) is 24.3 Å². The molecule has 0 aliphatic heterocycles. The van der Waals surface area contributed by atoms with Gasteiger partial charge in [0, 0.05) is 17.7 Å². The first-order valence-electron chi connectivity index (χ1n) is 7.09. The SMILES string of the molecule is C[C@H]1CCCC[C@H]1NC(=O)Cc1ccccc1[N+](=O)[O-]. The smallest absolute Gasteiger partial charge is 0.273 e. The molecule has 0 radical (unpaired) electrons. The van der Waals surface area contributed by atoms with Gasteiger partial charge in [0.1, 0.15) is 0 Å². The third kappa shape index (κ3) is 3.56. The molecule has 1 aliphatic rings. The third-order valence-corrected chi connectivity index (χ3v) is 4.00. The van der Waals surface area contributed by atoms with Crippen molar-refractivity contribution in [1.29, 1.82) is 0 Å². The van der Waals surface area contributed by atoms with E-state index in [1.54, 1.807) is 18.2 Å². The first kappa shape index (κ1) is 14.5. The summed E-state index contributed by atoms with van der Waals surface area (Å²) < 4.78 is 0. The van der Waals surface area contributed by atoms with Gasteiger partial charge in [0.15, 0.2) is 0 Å². The first-order valence-corrected chi connectivity index (χ1v) is 7.09. The third-order valence-electron chi connectivity index (χ3n) is 4.00. The molecular formula is C15H20N2O3. The summed E-state index contributed by atoms with van der Waals surface area (Å²) in [6, 6.07) is 6.62. The predicted octanol–water partition coefficient (Wildman–Crippen LogP) is 2.83. The highest BCUT2D eigenvalue weighted by Crippen LogP contribution is 2.24. The molecule has 1 aliphatic carbocycles. The Balaban J connectivity index is 1.99. The first-order chi connectivity index (χ1) is 9.58. The highest BCUT2D eigenvalue weighted by atomic mass is 16.6. The zero-order chi connectivity index (χ0) is 14.5. The van der Waals surface area contributed by atoms with Crippen LogP contribution in [0.2, 0.25) is 0 Å². The fraction of sp³-hybridized carbons (Fsp3) is 0.533. The fourth-order valence-corrected chi connectivity index (χ4v) is 2.80. The van der Waals surface area contributed by atoms with Crippen molar-refractivity contribution in [3.05, 3.63) is 39.9 Å². The summed E-state index contributed by atoms with van der Waals surface area (Å²) in [5.41, 5.74) is 0.484. The minimum absolute atomic E-state index is 0.0133. The number of para-hydroxylation sites is 1. The molecule has 0 bridgehead atoms. The van der Waals surface area contributed by atoms with Crippen molar-refractivity contribution < 1.29 is 9.72 Å². The summed E-state index contributed by atoms with van der Waals surface area (Å²) in [5, 5.41) is 13.9. The van der Waals surface area contributed by atoms with E-state index in [0.29, 0.717) is 11.5 Å². The second kappa shape index (κ2) is 6.50. The number of carbonyl (C=O) groups is 1. The number of amides is 1. The van der Waals surface area contributed by atoms with Gasteiger partial charge < -0.3 is 5.32 Å². The Labute approximate surface area is 118 Å². The maximum absolute atomic E-state index is 12.1. The molecule has 2 rings (SSSR count). The second-order valence-electron chi connectivity index (χ2n) is 5.50. The normalized spacial score (nSPS) is 22.2. The number of nitro benzene ring substituents is 1. The fourth-order valence-electron chi connectivity index (χ4n) is 2.80. The number of nitro groups is 1. The van der Waals surface area contributed by atoms with Crippen LogP contribution in [0.3, 0.4) is 0 Å². The highest BCUT2D eigenvalue weighted by molar-refractivity contribution is 5.80. The molecule has 1 aromatic rings. The highest BCUT2D eigenvalue weighted by Gasteiger charge is 2.23. The van der Waals surface area contributed by atoms with Crippen LogP contribution in [0.5, 0.6) is 0 Å². The van der Waals surface area contributed by atoms with Crippen LogP contribution >= 0.6 is 0 Å². The van der Waals surface area contributed by atoms with Gasteiger partial charge in [0.05, 0.1) is 11.3 Å². The van der Waals surface area contributed by atoms with Gasteiger partial charge in [-0.15, -0.1) is 0 Å². The lowest BCUT2D eigenvalue weighted by Gasteiger charge is -2.29. The van der Waals surface area contributed by atoms with Crippen LogP contribution in [-0.2, 0) is 11.2 Å². The van der Waals surface area contributed by atoms with E-state index in [1.807, 2.05) is 0 Å². The summed E-state index contributed by atoms with van der Waals surface area (Å²) >= 11 is 0. The Hall–Kier alpha value is -1.91. The molecule has 108 valence electrons. The molecule has 1 fully saturated rings. The quantitative estimate of drug-likeness (QED) is 0.679. The lowest BCUT2D eigenvalue weighted by molar-refractivity contribution is -0.385. The molecule has 0 heterocycles. The standard InChI is InChI=1S/C15H20N2O3/c1-11-6-2-4-8-13(11)16-15(18)10-12-7-3-5-9-14(12)17(19)20/h3,5,7,9,11,13H,2,4,6,8,10H2,1H3,(H,16,18)/t11-,13+/m0/s1. The van der Waals surface area contributed by atoms with E-state index in [-0.39, 0.29) is 24.1 Å². The van der Waals surface area contributed by atoms with Crippen molar-refractivity contribution >= 4 is 11.6 Å². The number of carbonyl (C=O) groups excluding carboxylic acids is 1. The molecule has 0 aromatic heterocycles. The number of nitrogens with zero attached hydrogens (tertiary/aromatic N) is 1. The molecule has 5 nitrogen and oxygen atoms in total. The van der Waals surface area contributed by atoms with Crippen LogP contribution in [0, 0.1) is 16.0 Å². The Morgan fingerprint density at radius 2 is 2.05 bits per heavy atom. The van der Waals surface area contributed by atoms with Crippen LogP contribution < -0.4 is 5.32 Å². The van der Waals surface area contributed by atoms with E-state index in [2.05, 4.69) is 12.2 Å². The molecule has 0 saturated heterocycles. The maximum Gasteiger partial charge on any atom is 0.273 e. The Morgan fingerprint density at radius 3 is 2.75 bits per heavy atom. The monoisotopic (exact) mass is 276 g/mol. The molecule has 0 spiro atoms. The van der Waals surface area contributed by atoms with Crippen molar-refractivity contribution in [1.82, 2.24) is 5.32 Å². The van der Waals surface area contributed by atoms with Gasteiger partial charge in [-0.05, 0) is 18.8 Å². The minimum Gasteiger partial charge on any atom is -0.353 e. The number of hydrogen-bond donors (Lipinski definition) is 1. The molecule has 5 heteroatoms. The van der Waals surface area contributed by atoms with Crippen molar-refractivity contribution in [2.45, 2.75) is 45.1 Å². The van der Waals surface area contributed by atoms with Gasteiger partial charge in [-0.1, -0.05) is 38.0 Å². The maximum atomic E-state index is 12.1. The molecule has 0 unspecified atom stereocenters. The van der Waals surface area contributed by atoms with Crippen LogP contribution in [0.1, 0.15) is 38.2 Å². The van der Waals surface area contributed by atoms with Crippen molar-refractivity contribution in [2.24, 2.45) is 5.92 Å². The Bertz CT molecular complexity index is 502. The summed E-state index contributed by atoms with van der Waals surface area (Å²) in [7, 11) is 0. The minimum atomic E-state index is -0.439. The number of rotatable bonds is 4. The molecule has 1 aromatic carbocycles. The number of benzene rings is 1. The van der Waals surface area contributed by atoms with Gasteiger partial charge in [-0.25, -0.2) is 0 Å². The predicted molar refractivity (Wildman–Crippen MR) is 76.4 cm³/mol. The van der Waals surface area contributed by atoms with Gasteiger partial charge in [-0.3, -0.25) is 14.9 Å². The summed E-state index contributed by atoms with van der Waals surface area (Å²) in [6.45, 7) is 2.15. The van der Waals surface area contributed by atoms with E-state index >= 15 is 0 Å². The zero-order valence-corrected chi connectivity index (χ0v) is 11.7. The second-order valence-corrected chi connectivity index (χ2v) is 5.50. The van der Waals surface area contributed by atoms with Crippen molar-refractivity contribution in [3.63, 3.8) is 0 Å². The molecule has 20 heavy (non-hydrogen) atoms. The van der Waals surface area contributed by atoms with Crippen molar-refractivity contribution in [2.75, 3.05) is 0 Å². The number of nitrogens with one attached hydrogen (secondary N) is 1. The lowest BCUT2D eigenvalue weighted by Crippen LogP contribution is -2.41. The molecule has 1 amide bonds. The van der Waals surface area contributed by atoms with Gasteiger partial charge in [-0.2, -0.15) is 0 Å². The van der Waals surface area contributed by atoms with E-state index < -0.39 is 4.92 Å². The van der Waals surface area contributed by atoms with E-state index in [9.17, 15) is 14.9 Å². The van der Waals surface area contributed by atoms with E-state index in [1.165, 1.54) is 12.5 Å². The molecule has 1 saturated carbocycles. The van der Waals surface area contributed by atoms with Crippen LogP contribution in [-0.4, -0.2) is 16.9 Å².